The number of carbonyl (C=O) groups is 2. The van der Waals surface area contributed by atoms with Gasteiger partial charge in [0.25, 0.3) is 0 Å². The summed E-state index contributed by atoms with van der Waals surface area (Å²) in [6, 6.07) is -0.324. The Bertz CT molecular complexity index is 570. The van der Waals surface area contributed by atoms with Gasteiger partial charge in [-0.15, -0.1) is 22.0 Å². The lowest BCUT2D eigenvalue weighted by Gasteiger charge is -2.25. The van der Waals surface area contributed by atoms with Gasteiger partial charge in [0.1, 0.15) is 18.2 Å². The molecular weight excluding hydrogens is 314 g/mol. The third-order valence-electron chi connectivity index (χ3n) is 4.63. The lowest BCUT2D eigenvalue weighted by atomic mass is 10.1. The maximum atomic E-state index is 12.6. The van der Waals surface area contributed by atoms with Crippen LogP contribution in [0.1, 0.15) is 31.5 Å². The van der Waals surface area contributed by atoms with Crippen molar-refractivity contribution in [1.29, 1.82) is 0 Å². The molecule has 1 saturated heterocycles. The van der Waals surface area contributed by atoms with Crippen LogP contribution in [0.4, 0.5) is 0 Å². The molecule has 1 N–H and O–H groups in total. The minimum Gasteiger partial charge on any atom is -0.352 e. The summed E-state index contributed by atoms with van der Waals surface area (Å²) < 4.78 is 1.89. The largest absolute Gasteiger partial charge is 0.352 e. The van der Waals surface area contributed by atoms with Crippen molar-refractivity contribution in [3.63, 3.8) is 0 Å². The van der Waals surface area contributed by atoms with E-state index < -0.39 is 0 Å². The first-order valence-corrected chi connectivity index (χ1v) is 9.32. The molecule has 2 heterocycles. The number of aromatic nitrogens is 3. The third-order valence-corrected chi connectivity index (χ3v) is 5.65. The molecule has 0 unspecified atom stereocenters. The van der Waals surface area contributed by atoms with Gasteiger partial charge in [-0.3, -0.25) is 9.59 Å². The number of hydrogen-bond donors (Lipinski definition) is 1. The van der Waals surface area contributed by atoms with Crippen LogP contribution < -0.4 is 5.32 Å². The van der Waals surface area contributed by atoms with Gasteiger partial charge in [0.15, 0.2) is 0 Å². The van der Waals surface area contributed by atoms with Gasteiger partial charge < -0.3 is 14.8 Å². The molecule has 1 aromatic rings. The van der Waals surface area contributed by atoms with Gasteiger partial charge in [-0.2, -0.15) is 0 Å². The molecule has 8 heteroatoms. The smallest absolute Gasteiger partial charge is 0.243 e. The van der Waals surface area contributed by atoms with Gasteiger partial charge in [0, 0.05) is 24.8 Å². The highest BCUT2D eigenvalue weighted by atomic mass is 32.2. The standard InChI is InChI=1S/C15H23N5O2S/c1-11-18-17-9-19(11)7-6-16-14(21)13-8-23-10-20(13)15(22)12-4-2-3-5-12/h9,12-13H,2-8,10H2,1H3,(H,16,21)/t13-/m0/s1. The third kappa shape index (κ3) is 3.68. The minimum absolute atomic E-state index is 0.0490. The number of aryl methyl sites for hydroxylation is 1. The first-order valence-electron chi connectivity index (χ1n) is 8.17. The van der Waals surface area contributed by atoms with Gasteiger partial charge in [0.05, 0.1) is 5.88 Å². The average molecular weight is 337 g/mol. The Morgan fingerprint density at radius 1 is 1.39 bits per heavy atom. The summed E-state index contributed by atoms with van der Waals surface area (Å²) in [5.74, 6) is 2.40. The Labute approximate surface area is 140 Å². The van der Waals surface area contributed by atoms with Crippen LogP contribution in [-0.2, 0) is 16.1 Å². The van der Waals surface area contributed by atoms with Crippen LogP contribution in [0.2, 0.25) is 0 Å². The first kappa shape index (κ1) is 16.3. The summed E-state index contributed by atoms with van der Waals surface area (Å²) in [4.78, 5) is 26.8. The van der Waals surface area contributed by atoms with Crippen LogP contribution in [0, 0.1) is 12.8 Å². The molecule has 1 atom stereocenters. The highest BCUT2D eigenvalue weighted by Crippen LogP contribution is 2.30. The molecular formula is C15H23N5O2S. The number of nitrogens with one attached hydrogen (secondary N) is 1. The van der Waals surface area contributed by atoms with E-state index >= 15 is 0 Å². The zero-order valence-electron chi connectivity index (χ0n) is 13.4. The number of amides is 2. The summed E-state index contributed by atoms with van der Waals surface area (Å²) in [6.45, 7) is 3.04. The molecule has 1 saturated carbocycles. The normalized spacial score (nSPS) is 21.8. The molecule has 2 amide bonds. The molecule has 0 aromatic carbocycles. The minimum atomic E-state index is -0.324. The van der Waals surface area contributed by atoms with Gasteiger partial charge >= 0.3 is 0 Å². The molecule has 3 rings (SSSR count). The molecule has 0 radical (unpaired) electrons. The van der Waals surface area contributed by atoms with Crippen molar-refractivity contribution >= 4 is 23.6 Å². The quantitative estimate of drug-likeness (QED) is 0.859. The van der Waals surface area contributed by atoms with E-state index in [9.17, 15) is 9.59 Å². The van der Waals surface area contributed by atoms with Crippen LogP contribution in [0.25, 0.3) is 0 Å². The molecule has 1 aromatic heterocycles. The maximum absolute atomic E-state index is 12.6. The summed E-state index contributed by atoms with van der Waals surface area (Å²) in [5, 5.41) is 10.7. The lowest BCUT2D eigenvalue weighted by molar-refractivity contribution is -0.141. The van der Waals surface area contributed by atoms with Crippen molar-refractivity contribution in [1.82, 2.24) is 25.0 Å². The Morgan fingerprint density at radius 3 is 2.87 bits per heavy atom. The van der Waals surface area contributed by atoms with E-state index in [1.54, 1.807) is 23.0 Å². The number of hydrogen-bond acceptors (Lipinski definition) is 5. The van der Waals surface area contributed by atoms with Crippen molar-refractivity contribution in [3.8, 4) is 0 Å². The van der Waals surface area contributed by atoms with Crippen molar-refractivity contribution in [2.45, 2.75) is 45.2 Å². The Morgan fingerprint density at radius 2 is 2.17 bits per heavy atom. The van der Waals surface area contributed by atoms with Crippen LogP contribution in [0.15, 0.2) is 6.33 Å². The molecule has 2 aliphatic rings. The van der Waals surface area contributed by atoms with Gasteiger partial charge in [0.2, 0.25) is 11.8 Å². The predicted molar refractivity (Wildman–Crippen MR) is 87.7 cm³/mol. The number of nitrogens with zero attached hydrogens (tertiary/aromatic N) is 4. The van der Waals surface area contributed by atoms with Crippen molar-refractivity contribution < 1.29 is 9.59 Å². The van der Waals surface area contributed by atoms with Gasteiger partial charge in [-0.25, -0.2) is 0 Å². The van der Waals surface area contributed by atoms with E-state index in [1.807, 2.05) is 11.5 Å². The SMILES string of the molecule is Cc1nncn1CCNC(=O)[C@@H]1CSCN1C(=O)C1CCCC1. The van der Waals surface area contributed by atoms with E-state index in [1.165, 1.54) is 0 Å². The molecule has 2 fully saturated rings. The molecule has 0 bridgehead atoms. The average Bonchev–Trinajstić information content (AvgIpc) is 3.28. The molecule has 23 heavy (non-hydrogen) atoms. The summed E-state index contributed by atoms with van der Waals surface area (Å²) in [5.41, 5.74) is 0. The van der Waals surface area contributed by atoms with E-state index in [0.29, 0.717) is 24.7 Å². The second kappa shape index (κ2) is 7.33. The zero-order valence-corrected chi connectivity index (χ0v) is 14.2. The van der Waals surface area contributed by atoms with Gasteiger partial charge in [-0.1, -0.05) is 12.8 Å². The van der Waals surface area contributed by atoms with Crippen LogP contribution in [0.3, 0.4) is 0 Å². The molecule has 7 nitrogen and oxygen atoms in total. The first-order chi connectivity index (χ1) is 11.2. The molecule has 126 valence electrons. The van der Waals surface area contributed by atoms with Crippen LogP contribution >= 0.6 is 11.8 Å². The molecule has 1 aliphatic heterocycles. The maximum Gasteiger partial charge on any atom is 0.243 e. The summed E-state index contributed by atoms with van der Waals surface area (Å²) in [7, 11) is 0. The van der Waals surface area contributed by atoms with Crippen molar-refractivity contribution in [2.24, 2.45) is 5.92 Å². The van der Waals surface area contributed by atoms with Crippen LogP contribution in [0.5, 0.6) is 0 Å². The Kier molecular flexibility index (Phi) is 5.20. The molecule has 1 aliphatic carbocycles. The summed E-state index contributed by atoms with van der Waals surface area (Å²) >= 11 is 1.66. The highest BCUT2D eigenvalue weighted by Gasteiger charge is 2.38. The Balaban J connectivity index is 1.51. The number of carbonyl (C=O) groups excluding carboxylic acids is 2. The summed E-state index contributed by atoms with van der Waals surface area (Å²) in [6.07, 6.45) is 5.87. The fourth-order valence-corrected chi connectivity index (χ4v) is 4.40. The number of thioether (sulfide) groups is 1. The van der Waals surface area contributed by atoms with Crippen molar-refractivity contribution in [3.05, 3.63) is 12.2 Å². The van der Waals surface area contributed by atoms with E-state index in [2.05, 4.69) is 15.5 Å². The fourth-order valence-electron chi connectivity index (χ4n) is 3.23. The monoisotopic (exact) mass is 337 g/mol. The van der Waals surface area contributed by atoms with Crippen LogP contribution in [-0.4, -0.2) is 55.7 Å². The second-order valence-electron chi connectivity index (χ2n) is 6.17. The van der Waals surface area contributed by atoms with E-state index in [4.69, 9.17) is 0 Å². The second-order valence-corrected chi connectivity index (χ2v) is 7.17. The van der Waals surface area contributed by atoms with Gasteiger partial charge in [-0.05, 0) is 19.8 Å². The van der Waals surface area contributed by atoms with E-state index in [0.717, 1.165) is 31.5 Å². The topological polar surface area (TPSA) is 80.1 Å². The van der Waals surface area contributed by atoms with Crippen molar-refractivity contribution in [2.75, 3.05) is 18.2 Å². The highest BCUT2D eigenvalue weighted by molar-refractivity contribution is 7.99. The fraction of sp³-hybridized carbons (Fsp3) is 0.733. The molecule has 0 spiro atoms. The lowest BCUT2D eigenvalue weighted by Crippen LogP contribution is -2.49. The zero-order chi connectivity index (χ0) is 16.2. The number of rotatable bonds is 5. The van der Waals surface area contributed by atoms with E-state index in [-0.39, 0.29) is 23.8 Å². The Hall–Kier alpha value is -1.57. The predicted octanol–water partition coefficient (Wildman–Crippen LogP) is 0.794.